The fraction of sp³-hybridized carbons (Fsp3) is 0.700. The standard InChI is InChI=1S/C20H33N3O3S/c1-17(16-23-13-11-22(2)12-14-23)15-21-27(24,25)20-9-7-19(8-10-20)26-18-5-3-4-6-18/h7-10,17-18,21H,3-6,11-16H2,1-2H3. The highest BCUT2D eigenvalue weighted by molar-refractivity contribution is 7.89. The predicted molar refractivity (Wildman–Crippen MR) is 108 cm³/mol. The molecule has 1 aliphatic carbocycles. The summed E-state index contributed by atoms with van der Waals surface area (Å²) < 4.78 is 33.8. The van der Waals surface area contributed by atoms with Gasteiger partial charge in [0.25, 0.3) is 0 Å². The van der Waals surface area contributed by atoms with Crippen LogP contribution in [0.1, 0.15) is 32.6 Å². The number of ether oxygens (including phenoxy) is 1. The van der Waals surface area contributed by atoms with E-state index < -0.39 is 10.0 Å². The fourth-order valence-corrected chi connectivity index (χ4v) is 4.93. The number of benzene rings is 1. The summed E-state index contributed by atoms with van der Waals surface area (Å²) in [7, 11) is -1.34. The van der Waals surface area contributed by atoms with Crippen LogP contribution in [0.4, 0.5) is 0 Å². The van der Waals surface area contributed by atoms with E-state index in [2.05, 4.69) is 28.5 Å². The summed E-state index contributed by atoms with van der Waals surface area (Å²) in [5.74, 6) is 1.03. The molecule has 1 aromatic carbocycles. The lowest BCUT2D eigenvalue weighted by molar-refractivity contribution is 0.139. The lowest BCUT2D eigenvalue weighted by Crippen LogP contribution is -2.46. The molecule has 1 saturated carbocycles. The molecular weight excluding hydrogens is 362 g/mol. The fourth-order valence-electron chi connectivity index (χ4n) is 3.77. The minimum atomic E-state index is -3.48. The summed E-state index contributed by atoms with van der Waals surface area (Å²) in [4.78, 5) is 5.03. The number of piperazine rings is 1. The van der Waals surface area contributed by atoms with Crippen molar-refractivity contribution in [2.75, 3.05) is 46.3 Å². The molecule has 1 atom stereocenters. The molecular formula is C20H33N3O3S. The molecule has 1 aliphatic heterocycles. The van der Waals surface area contributed by atoms with Crippen LogP contribution >= 0.6 is 0 Å². The Bertz CT molecular complexity index is 679. The van der Waals surface area contributed by atoms with E-state index in [1.54, 1.807) is 24.3 Å². The van der Waals surface area contributed by atoms with Crippen molar-refractivity contribution in [1.82, 2.24) is 14.5 Å². The van der Waals surface area contributed by atoms with Crippen LogP contribution in [-0.2, 0) is 10.0 Å². The second-order valence-electron chi connectivity index (χ2n) is 8.06. The molecule has 0 radical (unpaired) electrons. The first-order chi connectivity index (χ1) is 12.9. The van der Waals surface area contributed by atoms with E-state index in [1.165, 1.54) is 12.8 Å². The predicted octanol–water partition coefficient (Wildman–Crippen LogP) is 2.17. The lowest BCUT2D eigenvalue weighted by Gasteiger charge is -2.33. The van der Waals surface area contributed by atoms with Crippen molar-refractivity contribution in [3.63, 3.8) is 0 Å². The third-order valence-electron chi connectivity index (χ3n) is 5.53. The third-order valence-corrected chi connectivity index (χ3v) is 6.97. The van der Waals surface area contributed by atoms with Gasteiger partial charge in [0.2, 0.25) is 10.0 Å². The Kier molecular flexibility index (Phi) is 7.14. The van der Waals surface area contributed by atoms with Crippen molar-refractivity contribution in [3.8, 4) is 5.75 Å². The van der Waals surface area contributed by atoms with Gasteiger partial charge in [-0.05, 0) is 62.9 Å². The molecule has 0 amide bonds. The maximum Gasteiger partial charge on any atom is 0.240 e. The molecule has 7 heteroatoms. The molecule has 3 rings (SSSR count). The topological polar surface area (TPSA) is 61.9 Å². The maximum atomic E-state index is 12.6. The molecule has 2 aliphatic rings. The summed E-state index contributed by atoms with van der Waals surface area (Å²) in [5.41, 5.74) is 0. The van der Waals surface area contributed by atoms with E-state index in [-0.39, 0.29) is 12.0 Å². The zero-order chi connectivity index (χ0) is 19.3. The molecule has 27 heavy (non-hydrogen) atoms. The van der Waals surface area contributed by atoms with Gasteiger partial charge in [0, 0.05) is 39.3 Å². The summed E-state index contributed by atoms with van der Waals surface area (Å²) in [6, 6.07) is 6.80. The Morgan fingerprint density at radius 1 is 1.11 bits per heavy atom. The van der Waals surface area contributed by atoms with Crippen LogP contribution in [0, 0.1) is 5.92 Å². The molecule has 0 aromatic heterocycles. The number of likely N-dealkylation sites (N-methyl/N-ethyl adjacent to an activating group) is 1. The van der Waals surface area contributed by atoms with E-state index in [4.69, 9.17) is 4.74 Å². The zero-order valence-electron chi connectivity index (χ0n) is 16.6. The molecule has 1 saturated heterocycles. The van der Waals surface area contributed by atoms with Crippen LogP contribution in [-0.4, -0.2) is 70.6 Å². The third kappa shape index (κ3) is 6.17. The Morgan fingerprint density at radius 3 is 2.37 bits per heavy atom. The van der Waals surface area contributed by atoms with Crippen molar-refractivity contribution in [2.45, 2.75) is 43.6 Å². The molecule has 1 aromatic rings. The average Bonchev–Trinajstić information content (AvgIpc) is 3.16. The number of nitrogens with one attached hydrogen (secondary N) is 1. The van der Waals surface area contributed by atoms with Gasteiger partial charge >= 0.3 is 0 Å². The largest absolute Gasteiger partial charge is 0.490 e. The van der Waals surface area contributed by atoms with Crippen LogP contribution in [0.25, 0.3) is 0 Å². The van der Waals surface area contributed by atoms with E-state index in [1.807, 2.05) is 0 Å². The van der Waals surface area contributed by atoms with Gasteiger partial charge in [-0.1, -0.05) is 6.92 Å². The smallest absolute Gasteiger partial charge is 0.240 e. The first kappa shape index (κ1) is 20.6. The monoisotopic (exact) mass is 395 g/mol. The van der Waals surface area contributed by atoms with Gasteiger partial charge < -0.3 is 14.5 Å². The molecule has 152 valence electrons. The lowest BCUT2D eigenvalue weighted by atomic mass is 10.1. The maximum absolute atomic E-state index is 12.6. The van der Waals surface area contributed by atoms with E-state index in [0.717, 1.165) is 51.3 Å². The van der Waals surface area contributed by atoms with Crippen LogP contribution in [0.2, 0.25) is 0 Å². The molecule has 2 fully saturated rings. The number of hydrogen-bond donors (Lipinski definition) is 1. The minimum absolute atomic E-state index is 0.271. The zero-order valence-corrected chi connectivity index (χ0v) is 17.4. The van der Waals surface area contributed by atoms with Gasteiger partial charge in [-0.15, -0.1) is 0 Å². The molecule has 0 spiro atoms. The van der Waals surface area contributed by atoms with Crippen molar-refractivity contribution in [1.29, 1.82) is 0 Å². The summed E-state index contributed by atoms with van der Waals surface area (Å²) >= 11 is 0. The van der Waals surface area contributed by atoms with Crippen molar-refractivity contribution in [2.24, 2.45) is 5.92 Å². The molecule has 6 nitrogen and oxygen atoms in total. The van der Waals surface area contributed by atoms with E-state index in [9.17, 15) is 8.42 Å². The van der Waals surface area contributed by atoms with Crippen LogP contribution in [0.3, 0.4) is 0 Å². The van der Waals surface area contributed by atoms with Crippen molar-refractivity contribution >= 4 is 10.0 Å². The van der Waals surface area contributed by atoms with Crippen LogP contribution < -0.4 is 9.46 Å². The van der Waals surface area contributed by atoms with Gasteiger partial charge in [0.1, 0.15) is 5.75 Å². The van der Waals surface area contributed by atoms with Crippen molar-refractivity contribution < 1.29 is 13.2 Å². The Balaban J connectivity index is 1.47. The average molecular weight is 396 g/mol. The van der Waals surface area contributed by atoms with Gasteiger partial charge in [-0.3, -0.25) is 0 Å². The summed E-state index contributed by atoms with van der Waals surface area (Å²) in [5, 5.41) is 0. The first-order valence-corrected chi connectivity index (χ1v) is 11.6. The second-order valence-corrected chi connectivity index (χ2v) is 9.82. The number of rotatable bonds is 8. The van der Waals surface area contributed by atoms with E-state index >= 15 is 0 Å². The number of hydrogen-bond acceptors (Lipinski definition) is 5. The molecule has 1 heterocycles. The Labute approximate surface area is 163 Å². The summed E-state index contributed by atoms with van der Waals surface area (Å²) in [6.45, 7) is 7.73. The molecule has 1 N–H and O–H groups in total. The van der Waals surface area contributed by atoms with Gasteiger partial charge in [-0.2, -0.15) is 0 Å². The minimum Gasteiger partial charge on any atom is -0.490 e. The quantitative estimate of drug-likeness (QED) is 0.731. The highest BCUT2D eigenvalue weighted by Crippen LogP contribution is 2.25. The van der Waals surface area contributed by atoms with E-state index in [0.29, 0.717) is 11.4 Å². The SMILES string of the molecule is CC(CNS(=O)(=O)c1ccc(OC2CCCC2)cc1)CN1CCN(C)CC1. The molecule has 1 unspecified atom stereocenters. The Hall–Kier alpha value is -1.15. The first-order valence-electron chi connectivity index (χ1n) is 10.1. The van der Waals surface area contributed by atoms with Gasteiger partial charge in [0.15, 0.2) is 0 Å². The Morgan fingerprint density at radius 2 is 1.74 bits per heavy atom. The second kappa shape index (κ2) is 9.37. The molecule has 0 bridgehead atoms. The number of sulfonamides is 1. The highest BCUT2D eigenvalue weighted by atomic mass is 32.2. The highest BCUT2D eigenvalue weighted by Gasteiger charge is 2.20. The normalized spacial score (nSPS) is 21.4. The van der Waals surface area contributed by atoms with Gasteiger partial charge in [-0.25, -0.2) is 13.1 Å². The van der Waals surface area contributed by atoms with Gasteiger partial charge in [0.05, 0.1) is 11.0 Å². The number of nitrogens with zero attached hydrogens (tertiary/aromatic N) is 2. The summed E-state index contributed by atoms with van der Waals surface area (Å²) in [6.07, 6.45) is 4.89. The van der Waals surface area contributed by atoms with Crippen LogP contribution in [0.5, 0.6) is 5.75 Å². The van der Waals surface area contributed by atoms with Crippen molar-refractivity contribution in [3.05, 3.63) is 24.3 Å². The van der Waals surface area contributed by atoms with Crippen LogP contribution in [0.15, 0.2) is 29.2 Å².